The van der Waals surface area contributed by atoms with Gasteiger partial charge in [-0.25, -0.2) is 0 Å². The van der Waals surface area contributed by atoms with Gasteiger partial charge in [0.05, 0.1) is 26.2 Å². The van der Waals surface area contributed by atoms with Crippen molar-refractivity contribution in [3.05, 3.63) is 35.4 Å². The number of carbonyl (C=O) groups excluding carboxylic acids is 2. The number of benzene rings is 1. The molecule has 0 spiro atoms. The summed E-state index contributed by atoms with van der Waals surface area (Å²) in [5.74, 6) is 0.0592. The summed E-state index contributed by atoms with van der Waals surface area (Å²) in [6.45, 7) is 8.67. The number of quaternary nitrogens is 1. The minimum absolute atomic E-state index is 0.0831. The minimum atomic E-state index is -0.0831. The Balaban J connectivity index is 1.74. The smallest absolute Gasteiger partial charge is 0.224 e. The largest absolute Gasteiger partial charge is 0.356 e. The second-order valence-corrected chi connectivity index (χ2v) is 5.97. The maximum absolute atomic E-state index is 12.1. The Morgan fingerprint density at radius 1 is 1.23 bits per heavy atom. The lowest BCUT2D eigenvalue weighted by atomic mass is 10.1. The van der Waals surface area contributed by atoms with Crippen LogP contribution in [0.3, 0.4) is 0 Å². The second kappa shape index (κ2) is 7.94. The monoisotopic (exact) mass is 304 g/mol. The van der Waals surface area contributed by atoms with Gasteiger partial charge in [-0.3, -0.25) is 9.59 Å². The molecule has 2 amide bonds. The van der Waals surface area contributed by atoms with Gasteiger partial charge >= 0.3 is 0 Å². The minimum Gasteiger partial charge on any atom is -0.356 e. The summed E-state index contributed by atoms with van der Waals surface area (Å²) in [6.07, 6.45) is 0.396. The van der Waals surface area contributed by atoms with Crippen LogP contribution in [-0.4, -0.2) is 49.4 Å². The fraction of sp³-hybridized carbons (Fsp3) is 0.529. The molecule has 2 N–H and O–H groups in total. The Morgan fingerprint density at radius 2 is 1.91 bits per heavy atom. The topological polar surface area (TPSA) is 53.9 Å². The van der Waals surface area contributed by atoms with Gasteiger partial charge in [0.2, 0.25) is 11.8 Å². The van der Waals surface area contributed by atoms with Crippen molar-refractivity contribution in [1.29, 1.82) is 0 Å². The van der Waals surface area contributed by atoms with Crippen molar-refractivity contribution in [2.75, 3.05) is 32.7 Å². The Morgan fingerprint density at radius 3 is 2.55 bits per heavy atom. The van der Waals surface area contributed by atoms with Crippen molar-refractivity contribution in [3.63, 3.8) is 0 Å². The number of aryl methyl sites for hydroxylation is 1. The third-order valence-corrected chi connectivity index (χ3v) is 4.24. The third-order valence-electron chi connectivity index (χ3n) is 4.24. The molecule has 1 aromatic carbocycles. The van der Waals surface area contributed by atoms with Crippen LogP contribution in [0.5, 0.6) is 0 Å². The van der Waals surface area contributed by atoms with Crippen LogP contribution in [0.25, 0.3) is 0 Å². The molecule has 0 atom stereocenters. The number of rotatable bonds is 5. The Bertz CT molecular complexity index is 522. The number of carbonyl (C=O) groups is 2. The molecule has 0 aromatic heterocycles. The van der Waals surface area contributed by atoms with Gasteiger partial charge in [0, 0.05) is 25.5 Å². The normalized spacial score (nSPS) is 15.6. The van der Waals surface area contributed by atoms with Crippen LogP contribution in [0.2, 0.25) is 0 Å². The molecule has 0 aliphatic carbocycles. The lowest BCUT2D eigenvalue weighted by Crippen LogP contribution is -3.13. The number of nitrogens with zero attached hydrogens (tertiary/aromatic N) is 1. The van der Waals surface area contributed by atoms with Crippen molar-refractivity contribution in [3.8, 4) is 0 Å². The molecular formula is C17H26N3O2+. The molecule has 5 heteroatoms. The molecule has 1 heterocycles. The standard InChI is InChI=1S/C17H25N3O2/c1-14-5-3-4-6-16(14)13-19-9-11-20(12-10-19)17(22)7-8-18-15(2)21/h3-6H,7-13H2,1-2H3,(H,18,21)/p+1. The zero-order valence-electron chi connectivity index (χ0n) is 13.5. The molecule has 1 aliphatic heterocycles. The van der Waals surface area contributed by atoms with Gasteiger partial charge in [0.25, 0.3) is 0 Å². The molecule has 22 heavy (non-hydrogen) atoms. The van der Waals surface area contributed by atoms with E-state index >= 15 is 0 Å². The molecule has 120 valence electrons. The van der Waals surface area contributed by atoms with Crippen molar-refractivity contribution in [2.45, 2.75) is 26.8 Å². The van der Waals surface area contributed by atoms with Gasteiger partial charge in [0.15, 0.2) is 0 Å². The summed E-state index contributed by atoms with van der Waals surface area (Å²) >= 11 is 0. The number of nitrogens with one attached hydrogen (secondary N) is 2. The molecule has 0 bridgehead atoms. The van der Waals surface area contributed by atoms with Crippen molar-refractivity contribution in [1.82, 2.24) is 10.2 Å². The van der Waals surface area contributed by atoms with Crippen molar-refractivity contribution >= 4 is 11.8 Å². The number of hydrogen-bond acceptors (Lipinski definition) is 2. The second-order valence-electron chi connectivity index (χ2n) is 5.97. The van der Waals surface area contributed by atoms with Crippen LogP contribution < -0.4 is 10.2 Å². The molecule has 0 unspecified atom stereocenters. The fourth-order valence-corrected chi connectivity index (χ4v) is 2.83. The average molecular weight is 304 g/mol. The first-order chi connectivity index (χ1) is 10.6. The van der Waals surface area contributed by atoms with Gasteiger partial charge in [-0.2, -0.15) is 0 Å². The van der Waals surface area contributed by atoms with Crippen molar-refractivity contribution < 1.29 is 14.5 Å². The predicted molar refractivity (Wildman–Crippen MR) is 85.5 cm³/mol. The van der Waals surface area contributed by atoms with Gasteiger partial charge in [-0.05, 0) is 12.5 Å². The third kappa shape index (κ3) is 4.84. The van der Waals surface area contributed by atoms with E-state index in [-0.39, 0.29) is 11.8 Å². The molecular weight excluding hydrogens is 278 g/mol. The highest BCUT2D eigenvalue weighted by molar-refractivity contribution is 5.78. The highest BCUT2D eigenvalue weighted by atomic mass is 16.2. The quantitative estimate of drug-likeness (QED) is 0.788. The molecule has 1 fully saturated rings. The van der Waals surface area contributed by atoms with Crippen LogP contribution in [-0.2, 0) is 16.1 Å². The lowest BCUT2D eigenvalue weighted by Gasteiger charge is -2.32. The Kier molecular flexibility index (Phi) is 5.95. The summed E-state index contributed by atoms with van der Waals surface area (Å²) < 4.78 is 0. The molecule has 0 radical (unpaired) electrons. The SMILES string of the molecule is CC(=O)NCCC(=O)N1CC[NH+](Cc2ccccc2C)CC1. The zero-order valence-corrected chi connectivity index (χ0v) is 13.5. The lowest BCUT2D eigenvalue weighted by molar-refractivity contribution is -0.917. The highest BCUT2D eigenvalue weighted by Crippen LogP contribution is 2.05. The van der Waals surface area contributed by atoms with E-state index in [4.69, 9.17) is 0 Å². The van der Waals surface area contributed by atoms with Crippen LogP contribution >= 0.6 is 0 Å². The summed E-state index contributed by atoms with van der Waals surface area (Å²) in [6, 6.07) is 8.49. The van der Waals surface area contributed by atoms with E-state index in [0.717, 1.165) is 32.7 Å². The predicted octanol–water partition coefficient (Wildman–Crippen LogP) is -0.252. The van der Waals surface area contributed by atoms with Crippen LogP contribution in [0, 0.1) is 6.92 Å². The first kappa shape index (κ1) is 16.5. The van der Waals surface area contributed by atoms with Crippen LogP contribution in [0.4, 0.5) is 0 Å². The summed E-state index contributed by atoms with van der Waals surface area (Å²) in [5.41, 5.74) is 2.73. The van der Waals surface area contributed by atoms with Crippen LogP contribution in [0.1, 0.15) is 24.5 Å². The molecule has 1 saturated heterocycles. The van der Waals surface area contributed by atoms with E-state index in [2.05, 4.69) is 36.5 Å². The molecule has 1 aliphatic rings. The van der Waals surface area contributed by atoms with E-state index in [9.17, 15) is 9.59 Å². The highest BCUT2D eigenvalue weighted by Gasteiger charge is 2.23. The average Bonchev–Trinajstić information content (AvgIpc) is 2.50. The summed E-state index contributed by atoms with van der Waals surface area (Å²) in [4.78, 5) is 26.3. The first-order valence-corrected chi connectivity index (χ1v) is 7.96. The van der Waals surface area contributed by atoms with E-state index in [1.54, 1.807) is 0 Å². The maximum atomic E-state index is 12.1. The van der Waals surface area contributed by atoms with E-state index in [0.29, 0.717) is 13.0 Å². The first-order valence-electron chi connectivity index (χ1n) is 7.96. The molecule has 0 saturated carbocycles. The number of amides is 2. The summed E-state index contributed by atoms with van der Waals surface area (Å²) in [5, 5.41) is 2.67. The van der Waals surface area contributed by atoms with E-state index in [1.165, 1.54) is 23.0 Å². The molecule has 2 rings (SSSR count). The molecule has 5 nitrogen and oxygen atoms in total. The molecule has 1 aromatic rings. The fourth-order valence-electron chi connectivity index (χ4n) is 2.83. The van der Waals surface area contributed by atoms with Crippen molar-refractivity contribution in [2.24, 2.45) is 0 Å². The van der Waals surface area contributed by atoms with E-state index in [1.807, 2.05) is 4.90 Å². The van der Waals surface area contributed by atoms with E-state index < -0.39 is 0 Å². The Hall–Kier alpha value is -1.88. The van der Waals surface area contributed by atoms with Crippen LogP contribution in [0.15, 0.2) is 24.3 Å². The van der Waals surface area contributed by atoms with Gasteiger partial charge in [-0.1, -0.05) is 24.3 Å². The van der Waals surface area contributed by atoms with Gasteiger partial charge in [-0.15, -0.1) is 0 Å². The Labute approximate surface area is 132 Å². The zero-order chi connectivity index (χ0) is 15.9. The maximum Gasteiger partial charge on any atom is 0.224 e. The number of hydrogen-bond donors (Lipinski definition) is 2. The van der Waals surface area contributed by atoms with Gasteiger partial charge < -0.3 is 15.1 Å². The summed E-state index contributed by atoms with van der Waals surface area (Å²) in [7, 11) is 0. The van der Waals surface area contributed by atoms with Gasteiger partial charge in [0.1, 0.15) is 6.54 Å². The number of piperazine rings is 1.